The highest BCUT2D eigenvalue weighted by atomic mass is 32.3. The molecule has 0 heterocycles. The van der Waals surface area contributed by atoms with Gasteiger partial charge < -0.3 is 4.79 Å². The van der Waals surface area contributed by atoms with Crippen molar-refractivity contribution >= 4 is 16.7 Å². The van der Waals surface area contributed by atoms with E-state index in [-0.39, 0.29) is 6.29 Å². The molecule has 8 heavy (non-hydrogen) atoms. The first-order chi connectivity index (χ1) is 3.56. The van der Waals surface area contributed by atoms with Crippen LogP contribution in [0.3, 0.4) is 0 Å². The van der Waals surface area contributed by atoms with Crippen molar-refractivity contribution in [2.75, 3.05) is 6.61 Å². The zero-order valence-electron chi connectivity index (χ0n) is 3.77. The molecule has 0 amide bonds. The third kappa shape index (κ3) is 5.54. The second kappa shape index (κ2) is 2.75. The van der Waals surface area contributed by atoms with E-state index in [4.69, 9.17) is 4.55 Å². The van der Waals surface area contributed by atoms with Gasteiger partial charge in [0.15, 0.2) is 0 Å². The largest absolute Gasteiger partial charge is 0.397 e. The summed E-state index contributed by atoms with van der Waals surface area (Å²) in [6, 6.07) is 0. The minimum atomic E-state index is -4.42. The number of carbonyl (C=O) groups excluding carboxylic acids is 1. The molecule has 0 atom stereocenters. The molecule has 1 N–H and O–H groups in total. The van der Waals surface area contributed by atoms with E-state index >= 15 is 0 Å². The van der Waals surface area contributed by atoms with Crippen LogP contribution in [0.4, 0.5) is 0 Å². The molecule has 0 rings (SSSR count). The van der Waals surface area contributed by atoms with Crippen LogP contribution in [-0.2, 0) is 19.4 Å². The molecule has 0 aliphatic carbocycles. The third-order valence-electron chi connectivity index (χ3n) is 0.285. The van der Waals surface area contributed by atoms with Crippen LogP contribution >= 0.6 is 0 Å². The van der Waals surface area contributed by atoms with E-state index in [0.29, 0.717) is 0 Å². The standard InChI is InChI=1S/C2H4O5S/c3-1-2-7-8(4,5)6/h1H,2H2,(H,4,5,6). The van der Waals surface area contributed by atoms with Gasteiger partial charge >= 0.3 is 10.4 Å². The zero-order chi connectivity index (χ0) is 6.62. The molecule has 0 fully saturated rings. The van der Waals surface area contributed by atoms with Gasteiger partial charge in [-0.25, -0.2) is 4.18 Å². The van der Waals surface area contributed by atoms with E-state index in [2.05, 4.69) is 4.18 Å². The molecule has 0 aromatic rings. The topological polar surface area (TPSA) is 80.7 Å². The summed E-state index contributed by atoms with van der Waals surface area (Å²) in [5.74, 6) is 0. The van der Waals surface area contributed by atoms with Crippen molar-refractivity contribution in [1.29, 1.82) is 0 Å². The average Bonchev–Trinajstić information content (AvgIpc) is 1.59. The Balaban J connectivity index is 3.57. The third-order valence-corrected chi connectivity index (χ3v) is 0.719. The first kappa shape index (κ1) is 7.54. The Bertz CT molecular complexity index is 155. The number of aldehydes is 1. The minimum absolute atomic E-state index is 0.216. The SMILES string of the molecule is O=CCOS(=O)(=O)O. The summed E-state index contributed by atoms with van der Waals surface area (Å²) in [6.45, 7) is -0.640. The predicted octanol–water partition coefficient (Wildman–Crippen LogP) is -0.995. The van der Waals surface area contributed by atoms with Gasteiger partial charge in [0, 0.05) is 0 Å². The van der Waals surface area contributed by atoms with Crippen molar-refractivity contribution in [1.82, 2.24) is 0 Å². The Kier molecular flexibility index (Phi) is 2.59. The van der Waals surface area contributed by atoms with Gasteiger partial charge in [-0.3, -0.25) is 4.55 Å². The summed E-state index contributed by atoms with van der Waals surface area (Å²) < 4.78 is 30.4. The lowest BCUT2D eigenvalue weighted by molar-refractivity contribution is -0.109. The van der Waals surface area contributed by atoms with Crippen LogP contribution in [0.15, 0.2) is 0 Å². The molecule has 0 aromatic heterocycles. The summed E-state index contributed by atoms with van der Waals surface area (Å²) >= 11 is 0. The molecule has 6 heteroatoms. The van der Waals surface area contributed by atoms with Crippen LogP contribution in [0.5, 0.6) is 0 Å². The zero-order valence-corrected chi connectivity index (χ0v) is 4.59. The Labute approximate surface area is 46.2 Å². The van der Waals surface area contributed by atoms with E-state index in [1.54, 1.807) is 0 Å². The van der Waals surface area contributed by atoms with Gasteiger partial charge in [0.1, 0.15) is 12.9 Å². The number of hydrogen-bond donors (Lipinski definition) is 1. The highest BCUT2D eigenvalue weighted by Crippen LogP contribution is 1.80. The molecule has 0 aromatic carbocycles. The normalized spacial score (nSPS) is 11.1. The molecule has 0 saturated heterocycles. The lowest BCUT2D eigenvalue weighted by atomic mass is 10.9. The minimum Gasteiger partial charge on any atom is -0.301 e. The fourth-order valence-corrected chi connectivity index (χ4v) is 0.341. The second-order valence-electron chi connectivity index (χ2n) is 0.879. The van der Waals surface area contributed by atoms with Gasteiger partial charge in [-0.2, -0.15) is 8.42 Å². The van der Waals surface area contributed by atoms with E-state index in [9.17, 15) is 13.2 Å². The molecule has 48 valence electrons. The summed E-state index contributed by atoms with van der Waals surface area (Å²) in [5, 5.41) is 0. The molecule has 0 radical (unpaired) electrons. The highest BCUT2D eigenvalue weighted by Gasteiger charge is 2.00. The van der Waals surface area contributed by atoms with Gasteiger partial charge in [0.05, 0.1) is 0 Å². The maximum atomic E-state index is 9.56. The Morgan fingerprint density at radius 3 is 2.25 bits per heavy atom. The fourth-order valence-electron chi connectivity index (χ4n) is 0.114. The number of rotatable bonds is 3. The van der Waals surface area contributed by atoms with Gasteiger partial charge in [-0.1, -0.05) is 0 Å². The van der Waals surface area contributed by atoms with E-state index in [1.165, 1.54) is 0 Å². The molecule has 0 bridgehead atoms. The molecular formula is C2H4O5S. The number of carbonyl (C=O) groups is 1. The van der Waals surface area contributed by atoms with E-state index in [1.807, 2.05) is 0 Å². The monoisotopic (exact) mass is 140 g/mol. The number of hydrogen-bond acceptors (Lipinski definition) is 4. The van der Waals surface area contributed by atoms with Crippen molar-refractivity contribution in [2.24, 2.45) is 0 Å². The van der Waals surface area contributed by atoms with Crippen molar-refractivity contribution in [2.45, 2.75) is 0 Å². The summed E-state index contributed by atoms with van der Waals surface area (Å²) in [6.07, 6.45) is 0.216. The van der Waals surface area contributed by atoms with Gasteiger partial charge in [0.25, 0.3) is 0 Å². The van der Waals surface area contributed by atoms with Crippen molar-refractivity contribution in [3.8, 4) is 0 Å². The van der Waals surface area contributed by atoms with E-state index in [0.717, 1.165) is 0 Å². The van der Waals surface area contributed by atoms with Crippen LogP contribution in [0.1, 0.15) is 0 Å². The Hall–Kier alpha value is -0.460. The summed E-state index contributed by atoms with van der Waals surface area (Å²) in [4.78, 5) is 9.35. The van der Waals surface area contributed by atoms with Crippen LogP contribution < -0.4 is 0 Å². The summed E-state index contributed by atoms with van der Waals surface area (Å²) in [5.41, 5.74) is 0. The first-order valence-electron chi connectivity index (χ1n) is 1.62. The molecule has 0 saturated carbocycles. The molecule has 0 aliphatic heterocycles. The first-order valence-corrected chi connectivity index (χ1v) is 2.98. The molecule has 0 unspecified atom stereocenters. The van der Waals surface area contributed by atoms with Gasteiger partial charge in [-0.15, -0.1) is 0 Å². The van der Waals surface area contributed by atoms with Gasteiger partial charge in [-0.05, 0) is 0 Å². The Morgan fingerprint density at radius 1 is 1.62 bits per heavy atom. The highest BCUT2D eigenvalue weighted by molar-refractivity contribution is 7.80. The smallest absolute Gasteiger partial charge is 0.301 e. The summed E-state index contributed by atoms with van der Waals surface area (Å²) in [7, 11) is -4.42. The average molecular weight is 140 g/mol. The molecule has 0 spiro atoms. The van der Waals surface area contributed by atoms with Crippen LogP contribution in [0.2, 0.25) is 0 Å². The van der Waals surface area contributed by atoms with Crippen LogP contribution in [0, 0.1) is 0 Å². The molecule has 5 nitrogen and oxygen atoms in total. The maximum absolute atomic E-state index is 9.56. The fraction of sp³-hybridized carbons (Fsp3) is 0.500. The van der Waals surface area contributed by atoms with Crippen molar-refractivity contribution in [3.63, 3.8) is 0 Å². The lowest BCUT2D eigenvalue weighted by Gasteiger charge is -1.88. The second-order valence-corrected chi connectivity index (χ2v) is 1.97. The van der Waals surface area contributed by atoms with E-state index < -0.39 is 17.0 Å². The van der Waals surface area contributed by atoms with Crippen LogP contribution in [0.25, 0.3) is 0 Å². The van der Waals surface area contributed by atoms with Crippen LogP contribution in [-0.4, -0.2) is 25.9 Å². The Morgan fingerprint density at radius 2 is 2.12 bits per heavy atom. The van der Waals surface area contributed by atoms with Crippen molar-refractivity contribution in [3.05, 3.63) is 0 Å². The van der Waals surface area contributed by atoms with Crippen molar-refractivity contribution < 1.29 is 21.9 Å². The molecule has 0 aliphatic rings. The quantitative estimate of drug-likeness (QED) is 0.402. The van der Waals surface area contributed by atoms with Gasteiger partial charge in [0.2, 0.25) is 0 Å². The predicted molar refractivity (Wildman–Crippen MR) is 23.6 cm³/mol. The molecular weight excluding hydrogens is 136 g/mol. The maximum Gasteiger partial charge on any atom is 0.397 e. The lowest BCUT2D eigenvalue weighted by Crippen LogP contribution is -2.04.